The number of likely N-dealkylation sites (tertiary alicyclic amines) is 1. The molecule has 0 radical (unpaired) electrons. The van der Waals surface area contributed by atoms with Crippen LogP contribution >= 0.6 is 11.6 Å². The average molecular weight is 416 g/mol. The van der Waals surface area contributed by atoms with Gasteiger partial charge in [-0.15, -0.1) is 0 Å². The van der Waals surface area contributed by atoms with Crippen LogP contribution < -0.4 is 5.73 Å². The van der Waals surface area contributed by atoms with E-state index < -0.39 is 0 Å². The standard InChI is InChI=1S/C21H26ClN5O2/c22-16-6-4-15(5-7-16)17-13-24-21(23)25-20(17)18-3-1-2-8-27(18)19(28)14-26-9-11-29-12-10-26/h4-7,13,18H,1-3,8-12,14H2,(H2,23,24,25)/t18-/m0/s1. The second-order valence-electron chi connectivity index (χ2n) is 7.52. The number of hydrogen-bond donors (Lipinski definition) is 1. The average Bonchev–Trinajstić information content (AvgIpc) is 2.75. The highest BCUT2D eigenvalue weighted by atomic mass is 35.5. The number of morpholine rings is 1. The van der Waals surface area contributed by atoms with Crippen molar-refractivity contribution in [1.82, 2.24) is 19.8 Å². The summed E-state index contributed by atoms with van der Waals surface area (Å²) in [5.41, 5.74) is 8.62. The Kier molecular flexibility index (Phi) is 6.28. The van der Waals surface area contributed by atoms with Gasteiger partial charge in [-0.3, -0.25) is 9.69 Å². The SMILES string of the molecule is Nc1ncc(-c2ccc(Cl)cc2)c([C@@H]2CCCCN2C(=O)CN2CCOCC2)n1. The maximum Gasteiger partial charge on any atom is 0.237 e. The minimum absolute atomic E-state index is 0.103. The summed E-state index contributed by atoms with van der Waals surface area (Å²) in [6.07, 6.45) is 4.67. The molecule has 2 aliphatic rings. The first-order valence-corrected chi connectivity index (χ1v) is 10.5. The summed E-state index contributed by atoms with van der Waals surface area (Å²) >= 11 is 6.05. The highest BCUT2D eigenvalue weighted by molar-refractivity contribution is 6.30. The maximum atomic E-state index is 13.2. The molecule has 154 valence electrons. The van der Waals surface area contributed by atoms with Crippen LogP contribution in [0.25, 0.3) is 11.1 Å². The first-order chi connectivity index (χ1) is 14.1. The Hall–Kier alpha value is -2.22. The second kappa shape index (κ2) is 9.07. The van der Waals surface area contributed by atoms with Gasteiger partial charge in [-0.1, -0.05) is 23.7 Å². The molecule has 2 saturated heterocycles. The van der Waals surface area contributed by atoms with Crippen molar-refractivity contribution in [2.45, 2.75) is 25.3 Å². The van der Waals surface area contributed by atoms with Gasteiger partial charge in [0.1, 0.15) is 0 Å². The van der Waals surface area contributed by atoms with Crippen molar-refractivity contribution < 1.29 is 9.53 Å². The van der Waals surface area contributed by atoms with Crippen LogP contribution in [0.3, 0.4) is 0 Å². The third kappa shape index (κ3) is 4.69. The number of hydrogen-bond acceptors (Lipinski definition) is 6. The molecule has 0 unspecified atom stereocenters. The predicted molar refractivity (Wildman–Crippen MR) is 112 cm³/mol. The van der Waals surface area contributed by atoms with Crippen LogP contribution in [-0.2, 0) is 9.53 Å². The molecule has 2 aliphatic heterocycles. The Morgan fingerprint density at radius 3 is 2.69 bits per heavy atom. The zero-order valence-electron chi connectivity index (χ0n) is 16.4. The number of carbonyl (C=O) groups is 1. The molecule has 0 saturated carbocycles. The van der Waals surface area contributed by atoms with Crippen molar-refractivity contribution in [3.63, 3.8) is 0 Å². The van der Waals surface area contributed by atoms with Gasteiger partial charge in [0.2, 0.25) is 11.9 Å². The third-order valence-electron chi connectivity index (χ3n) is 5.59. The quantitative estimate of drug-likeness (QED) is 0.826. The largest absolute Gasteiger partial charge is 0.379 e. The van der Waals surface area contributed by atoms with Gasteiger partial charge >= 0.3 is 0 Å². The number of aromatic nitrogens is 2. The molecule has 2 aromatic rings. The molecule has 0 aliphatic carbocycles. The highest BCUT2D eigenvalue weighted by Crippen LogP contribution is 2.36. The van der Waals surface area contributed by atoms with E-state index in [0.29, 0.717) is 24.8 Å². The zero-order chi connectivity index (χ0) is 20.2. The van der Waals surface area contributed by atoms with E-state index in [2.05, 4.69) is 14.9 Å². The Morgan fingerprint density at radius 2 is 1.93 bits per heavy atom. The summed E-state index contributed by atoms with van der Waals surface area (Å²) in [4.78, 5) is 26.1. The minimum atomic E-state index is -0.103. The van der Waals surface area contributed by atoms with E-state index in [1.54, 1.807) is 6.20 Å². The monoisotopic (exact) mass is 415 g/mol. The molecule has 0 bridgehead atoms. The number of anilines is 1. The predicted octanol–water partition coefficient (Wildman–Crippen LogP) is 2.77. The van der Waals surface area contributed by atoms with E-state index >= 15 is 0 Å². The summed E-state index contributed by atoms with van der Waals surface area (Å²) in [5, 5.41) is 0.673. The number of piperidine rings is 1. The lowest BCUT2D eigenvalue weighted by Crippen LogP contribution is -2.47. The number of nitrogens with two attached hydrogens (primary N) is 1. The number of rotatable bonds is 4. The molecular formula is C21H26ClN5O2. The molecule has 0 spiro atoms. The number of halogens is 1. The van der Waals surface area contributed by atoms with Gasteiger partial charge in [-0.05, 0) is 37.0 Å². The molecule has 4 rings (SSSR count). The Bertz CT molecular complexity index is 855. The topological polar surface area (TPSA) is 84.6 Å². The fraction of sp³-hybridized carbons (Fsp3) is 0.476. The van der Waals surface area contributed by atoms with Crippen molar-refractivity contribution in [2.24, 2.45) is 0 Å². The number of nitrogens with zero attached hydrogens (tertiary/aromatic N) is 4. The van der Waals surface area contributed by atoms with Crippen LogP contribution in [-0.4, -0.2) is 65.1 Å². The summed E-state index contributed by atoms with van der Waals surface area (Å²) in [6.45, 7) is 4.09. The van der Waals surface area contributed by atoms with Gasteiger partial charge in [0.05, 0.1) is 31.5 Å². The van der Waals surface area contributed by atoms with Gasteiger partial charge in [-0.25, -0.2) is 9.97 Å². The van der Waals surface area contributed by atoms with Crippen LogP contribution in [0.1, 0.15) is 31.0 Å². The van der Waals surface area contributed by atoms with E-state index in [4.69, 9.17) is 22.1 Å². The van der Waals surface area contributed by atoms with Crippen molar-refractivity contribution in [2.75, 3.05) is 45.1 Å². The fourth-order valence-electron chi connectivity index (χ4n) is 4.07. The second-order valence-corrected chi connectivity index (χ2v) is 7.96. The summed E-state index contributed by atoms with van der Waals surface area (Å²) in [6, 6.07) is 7.49. The molecule has 3 heterocycles. The molecule has 7 nitrogen and oxygen atoms in total. The summed E-state index contributed by atoms with van der Waals surface area (Å²) in [7, 11) is 0. The molecule has 1 atom stereocenters. The lowest BCUT2D eigenvalue weighted by atomic mass is 9.93. The minimum Gasteiger partial charge on any atom is -0.379 e. The summed E-state index contributed by atoms with van der Waals surface area (Å²) < 4.78 is 5.40. The van der Waals surface area contributed by atoms with E-state index in [-0.39, 0.29) is 17.9 Å². The number of nitrogen functional groups attached to an aromatic ring is 1. The Labute approximate surface area is 175 Å². The lowest BCUT2D eigenvalue weighted by Gasteiger charge is -2.38. The number of carbonyl (C=O) groups excluding carboxylic acids is 1. The smallest absolute Gasteiger partial charge is 0.237 e. The number of benzene rings is 1. The normalized spacial score (nSPS) is 20.6. The van der Waals surface area contributed by atoms with Gasteiger partial charge in [0.25, 0.3) is 0 Å². The van der Waals surface area contributed by atoms with E-state index in [0.717, 1.165) is 55.7 Å². The first kappa shape index (κ1) is 20.1. The maximum absolute atomic E-state index is 13.2. The van der Waals surface area contributed by atoms with Crippen molar-refractivity contribution >= 4 is 23.5 Å². The van der Waals surface area contributed by atoms with Crippen LogP contribution in [0.5, 0.6) is 0 Å². The van der Waals surface area contributed by atoms with E-state index in [1.807, 2.05) is 29.2 Å². The van der Waals surface area contributed by atoms with Crippen molar-refractivity contribution in [1.29, 1.82) is 0 Å². The zero-order valence-corrected chi connectivity index (χ0v) is 17.1. The molecular weight excluding hydrogens is 390 g/mol. The molecule has 1 amide bonds. The van der Waals surface area contributed by atoms with Crippen molar-refractivity contribution in [3.05, 3.63) is 41.2 Å². The summed E-state index contributed by atoms with van der Waals surface area (Å²) in [5.74, 6) is 0.361. The van der Waals surface area contributed by atoms with Crippen LogP contribution in [0.15, 0.2) is 30.5 Å². The molecule has 1 aromatic carbocycles. The number of amides is 1. The van der Waals surface area contributed by atoms with Crippen molar-refractivity contribution in [3.8, 4) is 11.1 Å². The number of ether oxygens (including phenoxy) is 1. The molecule has 8 heteroatoms. The molecule has 2 N–H and O–H groups in total. The van der Waals surface area contributed by atoms with Gasteiger partial charge in [-0.2, -0.15) is 0 Å². The highest BCUT2D eigenvalue weighted by Gasteiger charge is 2.32. The Morgan fingerprint density at radius 1 is 1.17 bits per heavy atom. The molecule has 2 fully saturated rings. The van der Waals surface area contributed by atoms with Crippen LogP contribution in [0.2, 0.25) is 5.02 Å². The Balaban J connectivity index is 1.63. The molecule has 1 aromatic heterocycles. The fourth-order valence-corrected chi connectivity index (χ4v) is 4.20. The van der Waals surface area contributed by atoms with E-state index in [1.165, 1.54) is 0 Å². The van der Waals surface area contributed by atoms with Crippen LogP contribution in [0, 0.1) is 0 Å². The van der Waals surface area contributed by atoms with E-state index in [9.17, 15) is 4.79 Å². The molecule has 29 heavy (non-hydrogen) atoms. The lowest BCUT2D eigenvalue weighted by molar-refractivity contribution is -0.137. The van der Waals surface area contributed by atoms with Gasteiger partial charge in [0, 0.05) is 36.4 Å². The third-order valence-corrected chi connectivity index (χ3v) is 5.85. The first-order valence-electron chi connectivity index (χ1n) is 10.1. The van der Waals surface area contributed by atoms with Crippen LogP contribution in [0.4, 0.5) is 5.95 Å². The van der Waals surface area contributed by atoms with Gasteiger partial charge < -0.3 is 15.4 Å². The van der Waals surface area contributed by atoms with Gasteiger partial charge in [0.15, 0.2) is 0 Å².